The van der Waals surface area contributed by atoms with E-state index >= 15 is 0 Å². The molecule has 0 bridgehead atoms. The predicted octanol–water partition coefficient (Wildman–Crippen LogP) is -0.422. The van der Waals surface area contributed by atoms with Crippen LogP contribution in [0.15, 0.2) is 0 Å². The fourth-order valence-corrected chi connectivity index (χ4v) is 2.03. The second-order valence-electron chi connectivity index (χ2n) is 4.28. The van der Waals surface area contributed by atoms with Crippen molar-refractivity contribution in [1.82, 2.24) is 10.2 Å². The van der Waals surface area contributed by atoms with Gasteiger partial charge in [0.2, 0.25) is 5.91 Å². The summed E-state index contributed by atoms with van der Waals surface area (Å²) in [6.45, 7) is 4.45. The zero-order chi connectivity index (χ0) is 17.4. The van der Waals surface area contributed by atoms with E-state index in [4.69, 9.17) is 10.2 Å². The van der Waals surface area contributed by atoms with Gasteiger partial charge in [0.1, 0.15) is 6.04 Å². The summed E-state index contributed by atoms with van der Waals surface area (Å²) in [6.07, 6.45) is 1.13. The van der Waals surface area contributed by atoms with E-state index in [1.165, 1.54) is 4.90 Å². The van der Waals surface area contributed by atoms with E-state index in [9.17, 15) is 14.7 Å². The minimum absolute atomic E-state index is 0. The third-order valence-corrected chi connectivity index (χ3v) is 3.01. The number of carboxylic acid groups (broad SMARTS) is 1. The van der Waals surface area contributed by atoms with Gasteiger partial charge in [-0.2, -0.15) is 5.75 Å². The minimum Gasteiger partial charge on any atom is -0.792 e. The number of carbonyl (C=O) groups is 2. The number of rotatable bonds is 12. The molecule has 0 heterocycles. The van der Waals surface area contributed by atoms with E-state index in [1.54, 1.807) is 0 Å². The van der Waals surface area contributed by atoms with Crippen molar-refractivity contribution in [3.8, 4) is 0 Å². The van der Waals surface area contributed by atoms with Gasteiger partial charge in [-0.05, 0) is 12.8 Å². The van der Waals surface area contributed by atoms with Crippen LogP contribution in [0.3, 0.4) is 0 Å². The number of carboxylic acids is 1. The van der Waals surface area contributed by atoms with Gasteiger partial charge in [-0.1, -0.05) is 13.8 Å². The number of hydrogen-bond donors (Lipinski definition) is 4. The van der Waals surface area contributed by atoms with Crippen molar-refractivity contribution in [3.05, 3.63) is 0 Å². The molecule has 0 aromatic heterocycles. The van der Waals surface area contributed by atoms with Crippen LogP contribution < -0.4 is 5.32 Å². The van der Waals surface area contributed by atoms with Gasteiger partial charge in [-0.3, -0.25) is 14.5 Å². The van der Waals surface area contributed by atoms with Crippen molar-refractivity contribution < 1.29 is 82.1 Å². The Kier molecular flexibility index (Phi) is 40.1. The van der Waals surface area contributed by atoms with Gasteiger partial charge >= 0.3 is 5.97 Å². The molecule has 0 rings (SSSR count). The third-order valence-electron chi connectivity index (χ3n) is 2.81. The van der Waals surface area contributed by atoms with Crippen molar-refractivity contribution >= 4 is 24.5 Å². The molecule has 151 valence electrons. The van der Waals surface area contributed by atoms with Crippen molar-refractivity contribution in [2.45, 2.75) is 39.2 Å². The minimum atomic E-state index is -0.996. The van der Waals surface area contributed by atoms with Crippen molar-refractivity contribution in [3.63, 3.8) is 0 Å². The fraction of sp³-hybridized carbons (Fsp3) is 0.857. The van der Waals surface area contributed by atoms with Crippen LogP contribution in [0.5, 0.6) is 0 Å². The first-order valence-electron chi connectivity index (χ1n) is 7.60. The molecule has 4 N–H and O–H groups in total. The quantitative estimate of drug-likeness (QED) is 0.171. The molecule has 0 aliphatic heterocycles. The van der Waals surface area contributed by atoms with Gasteiger partial charge in [0.05, 0.1) is 13.2 Å². The molecule has 25 heavy (non-hydrogen) atoms. The van der Waals surface area contributed by atoms with Gasteiger partial charge in [0, 0.05) is 83.3 Å². The van der Waals surface area contributed by atoms with Crippen LogP contribution in [-0.4, -0.2) is 76.7 Å². The number of nitrogens with one attached hydrogen (secondary N) is 1. The van der Waals surface area contributed by atoms with E-state index in [-0.39, 0.29) is 89.4 Å². The molecule has 0 spiro atoms. The second-order valence-corrected chi connectivity index (χ2v) is 4.69. The van der Waals surface area contributed by atoms with Gasteiger partial charge < -0.3 is 33.3 Å². The molecule has 1 unspecified atom stereocenters. The predicted molar refractivity (Wildman–Crippen MR) is 87.6 cm³/mol. The van der Waals surface area contributed by atoms with E-state index in [0.717, 1.165) is 0 Å². The number of aliphatic hydroxyl groups is 2. The van der Waals surface area contributed by atoms with E-state index < -0.39 is 12.0 Å². The summed E-state index contributed by atoms with van der Waals surface area (Å²) in [5.41, 5.74) is 0. The summed E-state index contributed by atoms with van der Waals surface area (Å²) in [5.74, 6) is -0.761. The maximum Gasteiger partial charge on any atom is 0.320 e. The number of carbonyl (C=O) groups excluding carboxylic acids is 1. The van der Waals surface area contributed by atoms with Crippen molar-refractivity contribution in [2.24, 2.45) is 0 Å². The summed E-state index contributed by atoms with van der Waals surface area (Å²) < 4.78 is 0. The zero-order valence-electron chi connectivity index (χ0n) is 14.7. The molecule has 0 aliphatic rings. The Morgan fingerprint density at radius 2 is 1.60 bits per heavy atom. The van der Waals surface area contributed by atoms with Crippen LogP contribution in [0.25, 0.3) is 0 Å². The Morgan fingerprint density at radius 1 is 1.12 bits per heavy atom. The summed E-state index contributed by atoms with van der Waals surface area (Å²) in [7, 11) is 0. The third kappa shape index (κ3) is 21.1. The SMILES string of the molecule is CC.O=C(CC[S-])NCCCC(C(=O)O)N(CCO)CCO.[Ir].[V].[V]. The largest absolute Gasteiger partial charge is 0.792 e. The van der Waals surface area contributed by atoms with Crippen molar-refractivity contribution in [2.75, 3.05) is 38.6 Å². The Balaban J connectivity index is -0.000000256. The first-order chi connectivity index (χ1) is 10.6. The van der Waals surface area contributed by atoms with Crippen LogP contribution in [-0.2, 0) is 79.4 Å². The normalized spacial score (nSPS) is 10.2. The molecule has 1 amide bonds. The number of amides is 1. The standard InChI is InChI=1S/C12H24N2O5S.C2H6.Ir.2V/c15-7-5-14(6-8-16)10(12(18)19)2-1-4-13-11(17)3-9-20;1-2;;;/h10,15-16,20H,1-9H2,(H,13,17)(H,18,19);1-2H3;;;/p-1. The van der Waals surface area contributed by atoms with Gasteiger partial charge in [0.15, 0.2) is 0 Å². The van der Waals surface area contributed by atoms with Crippen LogP contribution in [0, 0.1) is 0 Å². The van der Waals surface area contributed by atoms with Gasteiger partial charge in [-0.15, -0.1) is 0 Å². The smallest absolute Gasteiger partial charge is 0.320 e. The molecule has 0 saturated carbocycles. The molecule has 0 aromatic rings. The Labute approximate surface area is 193 Å². The molecule has 11 heteroatoms. The summed E-state index contributed by atoms with van der Waals surface area (Å²) in [4.78, 5) is 23.9. The van der Waals surface area contributed by atoms with Crippen LogP contribution in [0.2, 0.25) is 0 Å². The Hall–Kier alpha value is 0.988. The molecule has 0 fully saturated rings. The Bertz CT molecular complexity index is 302. The number of hydrogen-bond acceptors (Lipinski definition) is 6. The molecule has 7 nitrogen and oxygen atoms in total. The molecular weight excluding hydrogens is 602 g/mol. The molecule has 0 aliphatic carbocycles. The maximum atomic E-state index is 11.2. The first-order valence-corrected chi connectivity index (χ1v) is 8.18. The zero-order valence-corrected chi connectivity index (χ0v) is 20.7. The van der Waals surface area contributed by atoms with E-state index in [2.05, 4.69) is 17.9 Å². The topological polar surface area (TPSA) is 110 Å². The fourth-order valence-electron chi connectivity index (χ4n) is 1.85. The van der Waals surface area contributed by atoms with Crippen molar-refractivity contribution in [1.29, 1.82) is 0 Å². The molecular formula is C14H29IrN2O5SV2-. The van der Waals surface area contributed by atoms with Gasteiger partial charge in [0.25, 0.3) is 0 Å². The molecule has 0 aromatic carbocycles. The molecule has 0 saturated heterocycles. The number of nitrogens with zero attached hydrogens (tertiary/aromatic N) is 1. The second kappa shape index (κ2) is 27.2. The summed E-state index contributed by atoms with van der Waals surface area (Å²) >= 11 is 4.68. The van der Waals surface area contributed by atoms with E-state index in [0.29, 0.717) is 31.6 Å². The van der Waals surface area contributed by atoms with Crippen LogP contribution in [0.4, 0.5) is 0 Å². The number of aliphatic carboxylic acids is 1. The summed E-state index contributed by atoms with van der Waals surface area (Å²) in [5, 5.41) is 29.7. The first kappa shape index (κ1) is 36.8. The maximum absolute atomic E-state index is 11.2. The Morgan fingerprint density at radius 3 is 1.96 bits per heavy atom. The van der Waals surface area contributed by atoms with Crippen LogP contribution >= 0.6 is 0 Å². The van der Waals surface area contributed by atoms with Crippen LogP contribution in [0.1, 0.15) is 33.1 Å². The van der Waals surface area contributed by atoms with Gasteiger partial charge in [-0.25, -0.2) is 0 Å². The summed E-state index contributed by atoms with van der Waals surface area (Å²) in [6, 6.07) is -0.773. The number of aliphatic hydroxyl groups excluding tert-OH is 2. The molecule has 3 radical (unpaired) electrons. The average molecular weight is 632 g/mol. The average Bonchev–Trinajstić information content (AvgIpc) is 2.49. The molecule has 1 atom stereocenters. The van der Waals surface area contributed by atoms with E-state index in [1.807, 2.05) is 13.8 Å². The monoisotopic (exact) mass is 632 g/mol.